The number of nitrogens with one attached hydrogen (secondary N) is 1. The van der Waals surface area contributed by atoms with Crippen molar-refractivity contribution in [1.82, 2.24) is 5.32 Å². The van der Waals surface area contributed by atoms with Crippen LogP contribution in [0.2, 0.25) is 0 Å². The zero-order valence-electron chi connectivity index (χ0n) is 10.4. The first-order valence-electron chi connectivity index (χ1n) is 5.90. The van der Waals surface area contributed by atoms with Crippen molar-refractivity contribution >= 4 is 5.97 Å². The van der Waals surface area contributed by atoms with Crippen LogP contribution in [0.5, 0.6) is 0 Å². The first-order valence-corrected chi connectivity index (χ1v) is 5.90. The minimum Gasteiger partial charge on any atom is -0.480 e. The first-order chi connectivity index (χ1) is 8.24. The first kappa shape index (κ1) is 15.2. The Hall–Kier alpha value is -0.820. The van der Waals surface area contributed by atoms with E-state index in [1.165, 1.54) is 0 Å². The maximum atomic E-state index is 12.3. The Balaban J connectivity index is 2.70. The Bertz CT molecular complexity index is 304. The predicted octanol–water partition coefficient (Wildman–Crippen LogP) is 1.80. The van der Waals surface area contributed by atoms with Gasteiger partial charge in [-0.2, -0.15) is 13.2 Å². The van der Waals surface area contributed by atoms with Crippen molar-refractivity contribution in [3.63, 3.8) is 0 Å². The van der Waals surface area contributed by atoms with E-state index in [9.17, 15) is 23.1 Å². The summed E-state index contributed by atoms with van der Waals surface area (Å²) in [5, 5.41) is 12.0. The molecule has 0 aromatic rings. The zero-order valence-corrected chi connectivity index (χ0v) is 10.4. The van der Waals surface area contributed by atoms with Crippen LogP contribution in [-0.4, -0.2) is 42.0 Å². The fourth-order valence-electron chi connectivity index (χ4n) is 1.87. The van der Waals surface area contributed by atoms with Gasteiger partial charge >= 0.3 is 12.1 Å². The fraction of sp³-hybridized carbons (Fsp3) is 0.909. The van der Waals surface area contributed by atoms with E-state index in [-0.39, 0.29) is 5.92 Å². The number of alkyl halides is 3. The van der Waals surface area contributed by atoms with Crippen molar-refractivity contribution < 1.29 is 27.8 Å². The SMILES string of the molecule is CCNC(COC(C)C(F)(F)F)(C(=O)O)C1CC1. The second-order valence-electron chi connectivity index (χ2n) is 4.58. The van der Waals surface area contributed by atoms with Gasteiger partial charge in [0.15, 0.2) is 6.10 Å². The molecule has 7 heteroatoms. The van der Waals surface area contributed by atoms with Crippen molar-refractivity contribution in [3.8, 4) is 0 Å². The van der Waals surface area contributed by atoms with Crippen molar-refractivity contribution in [2.75, 3.05) is 13.2 Å². The van der Waals surface area contributed by atoms with Crippen LogP contribution in [0.25, 0.3) is 0 Å². The molecule has 2 atom stereocenters. The minimum absolute atomic E-state index is 0.157. The summed E-state index contributed by atoms with van der Waals surface area (Å²) in [5.41, 5.74) is -1.39. The predicted molar refractivity (Wildman–Crippen MR) is 58.2 cm³/mol. The van der Waals surface area contributed by atoms with Crippen molar-refractivity contribution in [2.45, 2.75) is 44.5 Å². The number of hydrogen-bond acceptors (Lipinski definition) is 3. The molecule has 0 aliphatic heterocycles. The standard InChI is InChI=1S/C11H18F3NO3/c1-3-15-10(9(16)17,8-4-5-8)6-18-7(2)11(12,13)14/h7-8,15H,3-6H2,1-2H3,(H,16,17). The van der Waals surface area contributed by atoms with Gasteiger partial charge in [-0.15, -0.1) is 0 Å². The molecule has 106 valence electrons. The highest BCUT2D eigenvalue weighted by atomic mass is 19.4. The minimum atomic E-state index is -4.47. The number of aliphatic carboxylic acids is 1. The van der Waals surface area contributed by atoms with E-state index in [2.05, 4.69) is 5.32 Å². The van der Waals surface area contributed by atoms with E-state index in [4.69, 9.17) is 4.74 Å². The summed E-state index contributed by atoms with van der Waals surface area (Å²) in [6, 6.07) is 0. The molecule has 0 radical (unpaired) electrons. The third-order valence-corrected chi connectivity index (χ3v) is 3.17. The Morgan fingerprint density at radius 3 is 2.39 bits per heavy atom. The monoisotopic (exact) mass is 269 g/mol. The number of rotatable bonds is 7. The number of carboxylic acid groups (broad SMARTS) is 1. The van der Waals surface area contributed by atoms with Crippen LogP contribution in [0.1, 0.15) is 26.7 Å². The highest BCUT2D eigenvalue weighted by Crippen LogP contribution is 2.40. The number of halogens is 3. The van der Waals surface area contributed by atoms with Gasteiger partial charge in [-0.3, -0.25) is 10.1 Å². The van der Waals surface area contributed by atoms with Gasteiger partial charge in [0.1, 0.15) is 5.54 Å². The molecule has 0 amide bonds. The molecule has 1 fully saturated rings. The Morgan fingerprint density at radius 2 is 2.06 bits per heavy atom. The fourth-order valence-corrected chi connectivity index (χ4v) is 1.87. The summed E-state index contributed by atoms with van der Waals surface area (Å²) in [5.74, 6) is -1.31. The lowest BCUT2D eigenvalue weighted by molar-refractivity contribution is -0.220. The van der Waals surface area contributed by atoms with Gasteiger partial charge in [0.2, 0.25) is 0 Å². The average Bonchev–Trinajstić information content (AvgIpc) is 3.05. The number of ether oxygens (including phenoxy) is 1. The van der Waals surface area contributed by atoms with Crippen molar-refractivity contribution in [1.29, 1.82) is 0 Å². The third-order valence-electron chi connectivity index (χ3n) is 3.17. The molecule has 0 saturated heterocycles. The topological polar surface area (TPSA) is 58.6 Å². The van der Waals surface area contributed by atoms with Gasteiger partial charge in [0.25, 0.3) is 0 Å². The second kappa shape index (κ2) is 5.44. The van der Waals surface area contributed by atoms with Crippen LogP contribution >= 0.6 is 0 Å². The summed E-state index contributed by atoms with van der Waals surface area (Å²) in [6.45, 7) is 2.49. The molecule has 18 heavy (non-hydrogen) atoms. The Morgan fingerprint density at radius 1 is 1.50 bits per heavy atom. The van der Waals surface area contributed by atoms with Gasteiger partial charge < -0.3 is 9.84 Å². The van der Waals surface area contributed by atoms with Crippen LogP contribution < -0.4 is 5.32 Å². The Kier molecular flexibility index (Phi) is 4.61. The molecule has 1 aliphatic rings. The van der Waals surface area contributed by atoms with Crippen LogP contribution in [0.4, 0.5) is 13.2 Å². The summed E-state index contributed by atoms with van der Waals surface area (Å²) < 4.78 is 41.7. The van der Waals surface area contributed by atoms with Crippen molar-refractivity contribution in [2.24, 2.45) is 5.92 Å². The number of carbonyl (C=O) groups is 1. The van der Waals surface area contributed by atoms with E-state index >= 15 is 0 Å². The Labute approximate surface area is 103 Å². The van der Waals surface area contributed by atoms with Gasteiger partial charge in [-0.05, 0) is 32.2 Å². The smallest absolute Gasteiger partial charge is 0.414 e. The summed E-state index contributed by atoms with van der Waals surface area (Å²) in [4.78, 5) is 11.3. The maximum absolute atomic E-state index is 12.3. The summed E-state index contributed by atoms with van der Waals surface area (Å²) >= 11 is 0. The van der Waals surface area contributed by atoms with Crippen LogP contribution in [0.15, 0.2) is 0 Å². The van der Waals surface area contributed by atoms with Gasteiger partial charge in [0.05, 0.1) is 6.61 Å². The molecule has 4 nitrogen and oxygen atoms in total. The molecule has 2 unspecified atom stereocenters. The molecular formula is C11H18F3NO3. The summed E-state index contributed by atoms with van der Waals surface area (Å²) in [6.07, 6.45) is -5.04. The van der Waals surface area contributed by atoms with E-state index in [0.717, 1.165) is 6.92 Å². The highest BCUT2D eigenvalue weighted by molar-refractivity contribution is 5.80. The molecule has 1 saturated carbocycles. The molecule has 2 N–H and O–H groups in total. The lowest BCUT2D eigenvalue weighted by Gasteiger charge is -2.31. The van der Waals surface area contributed by atoms with E-state index in [1.54, 1.807) is 6.92 Å². The number of hydrogen-bond donors (Lipinski definition) is 2. The van der Waals surface area contributed by atoms with Crippen LogP contribution in [0, 0.1) is 5.92 Å². The largest absolute Gasteiger partial charge is 0.480 e. The molecular weight excluding hydrogens is 251 g/mol. The molecule has 0 aromatic carbocycles. The van der Waals surface area contributed by atoms with Crippen LogP contribution in [0.3, 0.4) is 0 Å². The quantitative estimate of drug-likeness (QED) is 0.740. The van der Waals surface area contributed by atoms with Gasteiger partial charge in [-0.25, -0.2) is 0 Å². The number of carboxylic acids is 1. The molecule has 0 bridgehead atoms. The number of likely N-dealkylation sites (N-methyl/N-ethyl adjacent to an activating group) is 1. The van der Waals surface area contributed by atoms with Crippen LogP contribution in [-0.2, 0) is 9.53 Å². The molecule has 0 heterocycles. The van der Waals surface area contributed by atoms with E-state index in [1.807, 2.05) is 0 Å². The average molecular weight is 269 g/mol. The maximum Gasteiger partial charge on any atom is 0.414 e. The van der Waals surface area contributed by atoms with E-state index in [0.29, 0.717) is 19.4 Å². The molecule has 0 spiro atoms. The highest BCUT2D eigenvalue weighted by Gasteiger charge is 2.52. The lowest BCUT2D eigenvalue weighted by atomic mass is 9.94. The third kappa shape index (κ3) is 3.35. The van der Waals surface area contributed by atoms with Crippen molar-refractivity contribution in [3.05, 3.63) is 0 Å². The molecule has 0 aromatic heterocycles. The molecule has 1 rings (SSSR count). The molecule has 1 aliphatic carbocycles. The summed E-state index contributed by atoms with van der Waals surface area (Å²) in [7, 11) is 0. The van der Waals surface area contributed by atoms with Gasteiger partial charge in [-0.1, -0.05) is 6.92 Å². The second-order valence-corrected chi connectivity index (χ2v) is 4.58. The van der Waals surface area contributed by atoms with Gasteiger partial charge in [0, 0.05) is 0 Å². The zero-order chi connectivity index (χ0) is 14.0. The normalized spacial score (nSPS) is 21.4. The lowest BCUT2D eigenvalue weighted by Crippen LogP contribution is -2.58. The van der Waals surface area contributed by atoms with E-state index < -0.39 is 30.4 Å².